The summed E-state index contributed by atoms with van der Waals surface area (Å²) in [6.45, 7) is 0. The lowest BCUT2D eigenvalue weighted by Gasteiger charge is -2.33. The summed E-state index contributed by atoms with van der Waals surface area (Å²) < 4.78 is 0. The van der Waals surface area contributed by atoms with Gasteiger partial charge in [0.15, 0.2) is 0 Å². The fourth-order valence-electron chi connectivity index (χ4n) is 2.47. The van der Waals surface area contributed by atoms with Gasteiger partial charge in [0.25, 0.3) is 0 Å². The minimum atomic E-state index is -1.35. The van der Waals surface area contributed by atoms with E-state index in [1.54, 1.807) is 0 Å². The third kappa shape index (κ3) is 3.23. The Hall–Kier alpha value is -2.17. The van der Waals surface area contributed by atoms with E-state index in [1.807, 2.05) is 60.7 Å². The maximum absolute atomic E-state index is 11.0. The summed E-state index contributed by atoms with van der Waals surface area (Å²) in [7, 11) is 0. The summed E-state index contributed by atoms with van der Waals surface area (Å²) in [5, 5.41) is 9.03. The standard InChI is InChI=1S/C16H18N2O2/c17-16(18,11-14(19)20)15(12-7-3-1-4-8-12)13-9-5-2-6-10-13/h1-10,15H,11,17-18H2,(H,19,20). The highest BCUT2D eigenvalue weighted by atomic mass is 16.4. The molecule has 2 aromatic carbocycles. The Morgan fingerprint density at radius 3 is 1.70 bits per heavy atom. The molecule has 2 aromatic rings. The SMILES string of the molecule is NC(N)(CC(=O)O)C(c1ccccc1)c1ccccc1. The largest absolute Gasteiger partial charge is 0.481 e. The van der Waals surface area contributed by atoms with Gasteiger partial charge in [-0.05, 0) is 11.1 Å². The molecular weight excluding hydrogens is 252 g/mol. The number of carbonyl (C=O) groups is 1. The van der Waals surface area contributed by atoms with Crippen LogP contribution in [-0.2, 0) is 4.79 Å². The molecule has 0 heterocycles. The van der Waals surface area contributed by atoms with Crippen molar-refractivity contribution in [3.8, 4) is 0 Å². The second kappa shape index (κ2) is 5.86. The van der Waals surface area contributed by atoms with Gasteiger partial charge in [-0.2, -0.15) is 0 Å². The lowest BCUT2D eigenvalue weighted by Crippen LogP contribution is -2.56. The molecule has 0 fully saturated rings. The zero-order valence-electron chi connectivity index (χ0n) is 11.1. The molecule has 0 aliphatic heterocycles. The van der Waals surface area contributed by atoms with Gasteiger partial charge in [-0.3, -0.25) is 4.79 Å². The van der Waals surface area contributed by atoms with Gasteiger partial charge in [0.1, 0.15) is 0 Å². The van der Waals surface area contributed by atoms with E-state index in [0.29, 0.717) is 0 Å². The van der Waals surface area contributed by atoms with E-state index < -0.39 is 11.6 Å². The van der Waals surface area contributed by atoms with Crippen molar-refractivity contribution in [1.82, 2.24) is 0 Å². The molecule has 0 aromatic heterocycles. The molecule has 0 radical (unpaired) electrons. The van der Waals surface area contributed by atoms with Crippen LogP contribution in [0.25, 0.3) is 0 Å². The molecule has 0 saturated carbocycles. The van der Waals surface area contributed by atoms with E-state index in [9.17, 15) is 4.79 Å². The van der Waals surface area contributed by atoms with E-state index in [4.69, 9.17) is 16.6 Å². The third-order valence-corrected chi connectivity index (χ3v) is 3.26. The first-order valence-corrected chi connectivity index (χ1v) is 6.40. The molecule has 20 heavy (non-hydrogen) atoms. The molecule has 4 heteroatoms. The number of carboxylic acids is 1. The molecule has 2 rings (SSSR count). The zero-order valence-corrected chi connectivity index (χ0v) is 11.1. The van der Waals surface area contributed by atoms with Crippen LogP contribution in [0.5, 0.6) is 0 Å². The maximum Gasteiger partial charge on any atom is 0.306 e. The molecule has 5 N–H and O–H groups in total. The van der Waals surface area contributed by atoms with Crippen LogP contribution in [0.2, 0.25) is 0 Å². The smallest absolute Gasteiger partial charge is 0.306 e. The van der Waals surface area contributed by atoms with Gasteiger partial charge < -0.3 is 16.6 Å². The van der Waals surface area contributed by atoms with Crippen LogP contribution in [0, 0.1) is 0 Å². The highest BCUT2D eigenvalue weighted by Crippen LogP contribution is 2.32. The number of benzene rings is 2. The van der Waals surface area contributed by atoms with Crippen LogP contribution in [0.4, 0.5) is 0 Å². The molecule has 0 aliphatic carbocycles. The molecule has 0 aliphatic rings. The second-order valence-electron chi connectivity index (χ2n) is 4.94. The van der Waals surface area contributed by atoms with Gasteiger partial charge in [0.2, 0.25) is 0 Å². The number of hydrogen-bond donors (Lipinski definition) is 3. The van der Waals surface area contributed by atoms with E-state index in [2.05, 4.69) is 0 Å². The summed E-state index contributed by atoms with van der Waals surface area (Å²) in [5.41, 5.74) is 12.7. The van der Waals surface area contributed by atoms with Gasteiger partial charge in [0.05, 0.1) is 12.1 Å². The summed E-state index contributed by atoms with van der Waals surface area (Å²) >= 11 is 0. The fourth-order valence-corrected chi connectivity index (χ4v) is 2.47. The first-order chi connectivity index (χ1) is 9.50. The Kier molecular flexibility index (Phi) is 4.17. The van der Waals surface area contributed by atoms with Gasteiger partial charge in [-0.25, -0.2) is 0 Å². The van der Waals surface area contributed by atoms with Crippen LogP contribution in [0.1, 0.15) is 23.5 Å². The number of hydrogen-bond acceptors (Lipinski definition) is 3. The number of carboxylic acid groups (broad SMARTS) is 1. The van der Waals surface area contributed by atoms with E-state index >= 15 is 0 Å². The first kappa shape index (κ1) is 14.2. The molecular formula is C16H18N2O2. The van der Waals surface area contributed by atoms with E-state index in [-0.39, 0.29) is 12.3 Å². The fraction of sp³-hybridized carbons (Fsp3) is 0.188. The molecule has 0 spiro atoms. The van der Waals surface area contributed by atoms with Crippen molar-refractivity contribution in [2.75, 3.05) is 0 Å². The Balaban J connectivity index is 2.48. The minimum Gasteiger partial charge on any atom is -0.481 e. The molecule has 104 valence electrons. The van der Waals surface area contributed by atoms with Crippen molar-refractivity contribution in [3.63, 3.8) is 0 Å². The Morgan fingerprint density at radius 2 is 1.35 bits per heavy atom. The molecule has 0 unspecified atom stereocenters. The number of nitrogens with two attached hydrogens (primary N) is 2. The van der Waals surface area contributed by atoms with Gasteiger partial charge in [-0.15, -0.1) is 0 Å². The van der Waals surface area contributed by atoms with Crippen molar-refractivity contribution in [1.29, 1.82) is 0 Å². The van der Waals surface area contributed by atoms with Crippen molar-refractivity contribution in [2.45, 2.75) is 18.0 Å². The lowest BCUT2D eigenvalue weighted by atomic mass is 9.80. The van der Waals surface area contributed by atoms with Crippen LogP contribution < -0.4 is 11.5 Å². The van der Waals surface area contributed by atoms with Gasteiger partial charge in [0, 0.05) is 5.92 Å². The Morgan fingerprint density at radius 1 is 0.950 bits per heavy atom. The van der Waals surface area contributed by atoms with Crippen LogP contribution in [-0.4, -0.2) is 16.7 Å². The summed E-state index contributed by atoms with van der Waals surface area (Å²) in [6.07, 6.45) is -0.304. The molecule has 0 atom stereocenters. The average molecular weight is 270 g/mol. The lowest BCUT2D eigenvalue weighted by molar-refractivity contribution is -0.138. The third-order valence-electron chi connectivity index (χ3n) is 3.26. The Labute approximate surface area is 118 Å². The molecule has 4 nitrogen and oxygen atoms in total. The zero-order chi connectivity index (χ0) is 14.6. The van der Waals surface area contributed by atoms with E-state index in [0.717, 1.165) is 11.1 Å². The molecule has 0 amide bonds. The van der Waals surface area contributed by atoms with Gasteiger partial charge in [-0.1, -0.05) is 60.7 Å². The predicted molar refractivity (Wildman–Crippen MR) is 78.1 cm³/mol. The van der Waals surface area contributed by atoms with Crippen LogP contribution >= 0.6 is 0 Å². The van der Waals surface area contributed by atoms with Gasteiger partial charge >= 0.3 is 5.97 Å². The Bertz CT molecular complexity index is 528. The highest BCUT2D eigenvalue weighted by molar-refractivity contribution is 5.68. The molecule has 0 bridgehead atoms. The van der Waals surface area contributed by atoms with Crippen molar-refractivity contribution < 1.29 is 9.90 Å². The van der Waals surface area contributed by atoms with Crippen LogP contribution in [0.3, 0.4) is 0 Å². The van der Waals surface area contributed by atoms with Crippen molar-refractivity contribution in [3.05, 3.63) is 71.8 Å². The highest BCUT2D eigenvalue weighted by Gasteiger charge is 2.35. The van der Waals surface area contributed by atoms with Crippen LogP contribution in [0.15, 0.2) is 60.7 Å². The molecule has 0 saturated heterocycles. The quantitative estimate of drug-likeness (QED) is 0.724. The summed E-state index contributed by atoms with van der Waals surface area (Å²) in [5.74, 6) is -1.38. The van der Waals surface area contributed by atoms with Crippen molar-refractivity contribution >= 4 is 5.97 Å². The van der Waals surface area contributed by atoms with E-state index in [1.165, 1.54) is 0 Å². The average Bonchev–Trinajstić information content (AvgIpc) is 2.39. The predicted octanol–water partition coefficient (Wildman–Crippen LogP) is 1.91. The summed E-state index contributed by atoms with van der Waals surface area (Å²) in [6, 6.07) is 19.0. The topological polar surface area (TPSA) is 89.3 Å². The summed E-state index contributed by atoms with van der Waals surface area (Å²) in [4.78, 5) is 11.0. The normalized spacial score (nSPS) is 11.6. The van der Waals surface area contributed by atoms with Crippen molar-refractivity contribution in [2.24, 2.45) is 11.5 Å². The monoisotopic (exact) mass is 270 g/mol. The number of aliphatic carboxylic acids is 1. The second-order valence-corrected chi connectivity index (χ2v) is 4.94. The number of rotatable bonds is 5. The minimum absolute atomic E-state index is 0.304. The maximum atomic E-state index is 11.0. The first-order valence-electron chi connectivity index (χ1n) is 6.40.